The van der Waals surface area contributed by atoms with Crippen LogP contribution in [0.1, 0.15) is 33.6 Å². The number of halogens is 3. The lowest BCUT2D eigenvalue weighted by atomic mass is 10.0. The summed E-state index contributed by atoms with van der Waals surface area (Å²) >= 11 is 0. The zero-order valence-corrected chi connectivity index (χ0v) is 8.14. The predicted octanol–water partition coefficient (Wildman–Crippen LogP) is 2.29. The second-order valence-corrected chi connectivity index (χ2v) is 3.63. The number of pyridine rings is 1. The number of alkyl halides is 3. The Labute approximate surface area is 88.9 Å². The van der Waals surface area contributed by atoms with E-state index in [2.05, 4.69) is 4.98 Å². The molecule has 6 heteroatoms. The molecule has 0 saturated heterocycles. The molecule has 1 aliphatic rings. The van der Waals surface area contributed by atoms with Gasteiger partial charge in [0.1, 0.15) is 0 Å². The van der Waals surface area contributed by atoms with Gasteiger partial charge in [0.15, 0.2) is 0 Å². The van der Waals surface area contributed by atoms with E-state index >= 15 is 0 Å². The van der Waals surface area contributed by atoms with E-state index in [1.54, 1.807) is 0 Å². The van der Waals surface area contributed by atoms with Crippen molar-refractivity contribution in [2.24, 2.45) is 0 Å². The van der Waals surface area contributed by atoms with Gasteiger partial charge in [-0.2, -0.15) is 13.2 Å². The smallest absolute Gasteiger partial charge is 0.417 e. The topological polar surface area (TPSA) is 50.2 Å². The molecule has 0 fully saturated rings. The number of nitrogens with zero attached hydrogens (tertiary/aromatic N) is 1. The average molecular weight is 231 g/mol. The Morgan fingerprint density at radius 1 is 1.38 bits per heavy atom. The Morgan fingerprint density at radius 3 is 2.62 bits per heavy atom. The van der Waals surface area contributed by atoms with Crippen molar-refractivity contribution in [3.05, 3.63) is 28.6 Å². The first-order valence-corrected chi connectivity index (χ1v) is 4.72. The van der Waals surface area contributed by atoms with Crippen molar-refractivity contribution in [1.82, 2.24) is 4.98 Å². The van der Waals surface area contributed by atoms with Gasteiger partial charge in [0, 0.05) is 11.9 Å². The molecule has 1 aromatic rings. The SMILES string of the molecule is O=C(O)c1cnc2c(c1C(F)(F)F)CCC2. The molecular weight excluding hydrogens is 223 g/mol. The highest BCUT2D eigenvalue weighted by Gasteiger charge is 2.40. The van der Waals surface area contributed by atoms with E-state index in [0.717, 1.165) is 6.20 Å². The Bertz CT molecular complexity index is 454. The summed E-state index contributed by atoms with van der Waals surface area (Å²) < 4.78 is 38.3. The van der Waals surface area contributed by atoms with Gasteiger partial charge >= 0.3 is 12.1 Å². The number of aryl methyl sites for hydroxylation is 1. The van der Waals surface area contributed by atoms with Gasteiger partial charge in [-0.25, -0.2) is 4.79 Å². The third-order valence-electron chi connectivity index (χ3n) is 2.62. The van der Waals surface area contributed by atoms with Gasteiger partial charge in [-0.15, -0.1) is 0 Å². The minimum atomic E-state index is -4.63. The number of carboxylic acid groups (broad SMARTS) is 1. The van der Waals surface area contributed by atoms with Crippen molar-refractivity contribution in [1.29, 1.82) is 0 Å². The summed E-state index contributed by atoms with van der Waals surface area (Å²) in [5, 5.41) is 8.72. The van der Waals surface area contributed by atoms with Gasteiger partial charge < -0.3 is 5.11 Å². The zero-order chi connectivity index (χ0) is 11.9. The monoisotopic (exact) mass is 231 g/mol. The van der Waals surface area contributed by atoms with E-state index in [9.17, 15) is 18.0 Å². The Kier molecular flexibility index (Phi) is 2.36. The van der Waals surface area contributed by atoms with Crippen LogP contribution >= 0.6 is 0 Å². The fraction of sp³-hybridized carbons (Fsp3) is 0.400. The lowest BCUT2D eigenvalue weighted by molar-refractivity contribution is -0.138. The normalized spacial score (nSPS) is 14.9. The number of rotatable bonds is 1. The van der Waals surface area contributed by atoms with Crippen LogP contribution in [-0.2, 0) is 19.0 Å². The molecule has 3 nitrogen and oxygen atoms in total. The molecule has 16 heavy (non-hydrogen) atoms. The molecule has 0 atom stereocenters. The van der Waals surface area contributed by atoms with Gasteiger partial charge in [-0.1, -0.05) is 0 Å². The van der Waals surface area contributed by atoms with E-state index in [1.165, 1.54) is 0 Å². The van der Waals surface area contributed by atoms with E-state index in [4.69, 9.17) is 5.11 Å². The molecule has 86 valence electrons. The molecule has 0 aromatic carbocycles. The molecule has 0 aliphatic heterocycles. The summed E-state index contributed by atoms with van der Waals surface area (Å²) in [6, 6.07) is 0. The minimum absolute atomic E-state index is 0.0485. The number of carbonyl (C=O) groups is 1. The van der Waals surface area contributed by atoms with Crippen molar-refractivity contribution in [2.45, 2.75) is 25.4 Å². The lowest BCUT2D eigenvalue weighted by Crippen LogP contribution is -2.17. The number of aromatic nitrogens is 1. The van der Waals surface area contributed by atoms with Gasteiger partial charge in [-0.05, 0) is 24.8 Å². The van der Waals surface area contributed by atoms with Crippen LogP contribution in [-0.4, -0.2) is 16.1 Å². The summed E-state index contributed by atoms with van der Waals surface area (Å²) in [6.45, 7) is 0. The Balaban J connectivity index is 2.70. The fourth-order valence-electron chi connectivity index (χ4n) is 2.00. The first-order chi connectivity index (χ1) is 7.41. The van der Waals surface area contributed by atoms with Crippen LogP contribution in [0.3, 0.4) is 0 Å². The second kappa shape index (κ2) is 3.47. The van der Waals surface area contributed by atoms with Crippen LogP contribution in [0.5, 0.6) is 0 Å². The largest absolute Gasteiger partial charge is 0.478 e. The average Bonchev–Trinajstić information content (AvgIpc) is 2.61. The third kappa shape index (κ3) is 1.64. The summed E-state index contributed by atoms with van der Waals surface area (Å²) in [4.78, 5) is 14.5. The molecule has 1 aromatic heterocycles. The molecule has 0 spiro atoms. The van der Waals surface area contributed by atoms with E-state index in [1.807, 2.05) is 0 Å². The van der Waals surface area contributed by atoms with Crippen LogP contribution in [0.4, 0.5) is 13.2 Å². The molecular formula is C10H8F3NO2. The summed E-state index contributed by atoms with van der Waals surface area (Å²) in [6.07, 6.45) is -2.51. The summed E-state index contributed by atoms with van der Waals surface area (Å²) in [7, 11) is 0. The molecule has 2 rings (SSSR count). The van der Waals surface area contributed by atoms with Crippen LogP contribution in [0, 0.1) is 0 Å². The van der Waals surface area contributed by atoms with Crippen molar-refractivity contribution in [2.75, 3.05) is 0 Å². The first-order valence-electron chi connectivity index (χ1n) is 4.72. The lowest BCUT2D eigenvalue weighted by Gasteiger charge is -2.14. The highest BCUT2D eigenvalue weighted by atomic mass is 19.4. The Hall–Kier alpha value is -1.59. The fourth-order valence-corrected chi connectivity index (χ4v) is 2.00. The number of hydrogen-bond acceptors (Lipinski definition) is 2. The van der Waals surface area contributed by atoms with E-state index < -0.39 is 23.3 Å². The van der Waals surface area contributed by atoms with Gasteiger partial charge in [0.2, 0.25) is 0 Å². The number of fused-ring (bicyclic) bond motifs is 1. The predicted molar refractivity (Wildman–Crippen MR) is 48.2 cm³/mol. The molecule has 1 N–H and O–H groups in total. The standard InChI is InChI=1S/C10H8F3NO2/c11-10(12,13)8-5-2-1-3-7(5)14-4-6(8)9(15)16/h4H,1-3H2,(H,15,16). The number of hydrogen-bond donors (Lipinski definition) is 1. The highest BCUT2D eigenvalue weighted by molar-refractivity contribution is 5.89. The molecule has 1 aliphatic carbocycles. The molecule has 0 saturated carbocycles. The maximum atomic E-state index is 12.8. The summed E-state index contributed by atoms with van der Waals surface area (Å²) in [5.41, 5.74) is -1.36. The van der Waals surface area contributed by atoms with Crippen molar-refractivity contribution in [3.63, 3.8) is 0 Å². The van der Waals surface area contributed by atoms with Crippen molar-refractivity contribution >= 4 is 5.97 Å². The van der Waals surface area contributed by atoms with Gasteiger partial charge in [0.25, 0.3) is 0 Å². The zero-order valence-electron chi connectivity index (χ0n) is 8.14. The second-order valence-electron chi connectivity index (χ2n) is 3.63. The minimum Gasteiger partial charge on any atom is -0.478 e. The molecule has 1 heterocycles. The molecule has 0 bridgehead atoms. The Morgan fingerprint density at radius 2 is 2.06 bits per heavy atom. The van der Waals surface area contributed by atoms with Gasteiger partial charge in [-0.3, -0.25) is 4.98 Å². The van der Waals surface area contributed by atoms with Crippen molar-refractivity contribution < 1.29 is 23.1 Å². The van der Waals surface area contributed by atoms with Gasteiger partial charge in [0.05, 0.1) is 11.1 Å². The van der Waals surface area contributed by atoms with Crippen LogP contribution in [0.2, 0.25) is 0 Å². The first kappa shape index (κ1) is 10.9. The number of aromatic carboxylic acids is 1. The van der Waals surface area contributed by atoms with E-state index in [-0.39, 0.29) is 12.0 Å². The third-order valence-corrected chi connectivity index (χ3v) is 2.62. The molecule has 0 radical (unpaired) electrons. The van der Waals surface area contributed by atoms with Crippen molar-refractivity contribution in [3.8, 4) is 0 Å². The maximum absolute atomic E-state index is 12.8. The van der Waals surface area contributed by atoms with Crippen LogP contribution in [0.25, 0.3) is 0 Å². The maximum Gasteiger partial charge on any atom is 0.417 e. The quantitative estimate of drug-likeness (QED) is 0.806. The molecule has 0 amide bonds. The highest BCUT2D eigenvalue weighted by Crippen LogP contribution is 2.38. The molecule has 0 unspecified atom stereocenters. The summed E-state index contributed by atoms with van der Waals surface area (Å²) in [5.74, 6) is -1.59. The number of carboxylic acids is 1. The van der Waals surface area contributed by atoms with E-state index in [0.29, 0.717) is 18.5 Å². The van der Waals surface area contributed by atoms with Crippen LogP contribution < -0.4 is 0 Å². The van der Waals surface area contributed by atoms with Crippen LogP contribution in [0.15, 0.2) is 6.20 Å².